The summed E-state index contributed by atoms with van der Waals surface area (Å²) in [6.07, 6.45) is 0.595. The lowest BCUT2D eigenvalue weighted by molar-refractivity contribution is -0.130. The predicted octanol–water partition coefficient (Wildman–Crippen LogP) is 4.42. The average Bonchev–Trinajstić information content (AvgIpc) is 3.35. The Kier molecular flexibility index (Phi) is 4.21. The number of carbonyl (C=O) groups is 1. The van der Waals surface area contributed by atoms with E-state index in [1.807, 2.05) is 35.7 Å². The molecule has 2 aromatic heterocycles. The molecule has 0 unspecified atom stereocenters. The van der Waals surface area contributed by atoms with E-state index < -0.39 is 0 Å². The highest BCUT2D eigenvalue weighted by Gasteiger charge is 2.33. The van der Waals surface area contributed by atoms with Gasteiger partial charge in [0, 0.05) is 30.4 Å². The maximum absolute atomic E-state index is 12.2. The molecule has 0 saturated carbocycles. The van der Waals surface area contributed by atoms with Crippen LogP contribution in [0.5, 0.6) is 11.5 Å². The lowest BCUT2D eigenvalue weighted by atomic mass is 10.0. The molecule has 3 aromatic rings. The van der Waals surface area contributed by atoms with Crippen molar-refractivity contribution in [1.82, 2.24) is 9.99 Å². The number of carbonyl (C=O) groups excluding carboxylic acids is 1. The van der Waals surface area contributed by atoms with Crippen LogP contribution in [0, 0.1) is 0 Å². The molecule has 5 rings (SSSR count). The minimum absolute atomic E-state index is 0.130. The van der Waals surface area contributed by atoms with E-state index in [1.165, 1.54) is 11.9 Å². The van der Waals surface area contributed by atoms with E-state index in [1.54, 1.807) is 11.3 Å². The van der Waals surface area contributed by atoms with Crippen molar-refractivity contribution in [2.24, 2.45) is 5.10 Å². The van der Waals surface area contributed by atoms with Gasteiger partial charge in [0.25, 0.3) is 0 Å². The van der Waals surface area contributed by atoms with Crippen LogP contribution in [-0.2, 0) is 4.79 Å². The molecule has 2 aliphatic heterocycles. The summed E-state index contributed by atoms with van der Waals surface area (Å²) in [6, 6.07) is 9.41. The molecular formula is C20H16ClN3O3S. The Morgan fingerprint density at radius 3 is 2.75 bits per heavy atom. The van der Waals surface area contributed by atoms with E-state index in [2.05, 4.69) is 10.1 Å². The number of amides is 1. The van der Waals surface area contributed by atoms with Gasteiger partial charge in [0.05, 0.1) is 22.1 Å². The van der Waals surface area contributed by atoms with Gasteiger partial charge < -0.3 is 9.47 Å². The summed E-state index contributed by atoms with van der Waals surface area (Å²) in [5.74, 6) is 1.23. The second kappa shape index (κ2) is 6.76. The zero-order valence-electron chi connectivity index (χ0n) is 15.0. The molecular weight excluding hydrogens is 398 g/mol. The molecule has 2 aliphatic rings. The van der Waals surface area contributed by atoms with Crippen molar-refractivity contribution in [2.45, 2.75) is 19.4 Å². The highest BCUT2D eigenvalue weighted by molar-refractivity contribution is 7.12. The van der Waals surface area contributed by atoms with Crippen LogP contribution in [0.2, 0.25) is 5.15 Å². The number of rotatable bonds is 2. The lowest BCUT2D eigenvalue weighted by Gasteiger charge is -2.22. The van der Waals surface area contributed by atoms with E-state index >= 15 is 0 Å². The maximum Gasteiger partial charge on any atom is 0.240 e. The third-order valence-electron chi connectivity index (χ3n) is 4.86. The number of nitrogens with zero attached hydrogens (tertiary/aromatic N) is 3. The molecule has 0 fully saturated rings. The molecule has 142 valence electrons. The number of hydrogen-bond acceptors (Lipinski definition) is 6. The number of hydrogen-bond donors (Lipinski definition) is 0. The smallest absolute Gasteiger partial charge is 0.240 e. The Morgan fingerprint density at radius 1 is 1.25 bits per heavy atom. The van der Waals surface area contributed by atoms with Crippen molar-refractivity contribution in [2.75, 3.05) is 13.2 Å². The van der Waals surface area contributed by atoms with Gasteiger partial charge in [-0.15, -0.1) is 11.3 Å². The summed E-state index contributed by atoms with van der Waals surface area (Å²) in [4.78, 5) is 17.8. The molecule has 0 N–H and O–H groups in total. The third kappa shape index (κ3) is 2.91. The first-order valence-corrected chi connectivity index (χ1v) is 10.2. The van der Waals surface area contributed by atoms with Gasteiger partial charge >= 0.3 is 0 Å². The second-order valence-electron chi connectivity index (χ2n) is 6.66. The second-order valence-corrected chi connectivity index (χ2v) is 7.97. The van der Waals surface area contributed by atoms with Crippen molar-refractivity contribution in [1.29, 1.82) is 0 Å². The van der Waals surface area contributed by atoms with E-state index in [9.17, 15) is 4.79 Å². The highest BCUT2D eigenvalue weighted by atomic mass is 35.5. The largest absolute Gasteiger partial charge is 0.486 e. The number of aromatic nitrogens is 1. The highest BCUT2D eigenvalue weighted by Crippen LogP contribution is 2.40. The monoisotopic (exact) mass is 413 g/mol. The summed E-state index contributed by atoms with van der Waals surface area (Å²) in [5, 5.41) is 9.31. The van der Waals surface area contributed by atoms with Gasteiger partial charge in [-0.25, -0.2) is 9.99 Å². The SMILES string of the molecule is CC(=O)N1N=C(c2cccs2)C[C@H]1c1cc2cc3c(cc2nc1Cl)OCCO3. The molecule has 0 spiro atoms. The molecule has 28 heavy (non-hydrogen) atoms. The van der Waals surface area contributed by atoms with Crippen LogP contribution in [0.15, 0.2) is 40.8 Å². The Balaban J connectivity index is 1.58. The van der Waals surface area contributed by atoms with Gasteiger partial charge in [-0.05, 0) is 23.6 Å². The first kappa shape index (κ1) is 17.5. The molecule has 0 bridgehead atoms. The molecule has 0 aliphatic carbocycles. The topological polar surface area (TPSA) is 64.0 Å². The minimum Gasteiger partial charge on any atom is -0.486 e. The third-order valence-corrected chi connectivity index (χ3v) is 6.08. The van der Waals surface area contributed by atoms with Crippen LogP contribution < -0.4 is 9.47 Å². The number of pyridine rings is 1. The van der Waals surface area contributed by atoms with Crippen LogP contribution in [0.3, 0.4) is 0 Å². The van der Waals surface area contributed by atoms with Crippen molar-refractivity contribution >= 4 is 45.5 Å². The van der Waals surface area contributed by atoms with Crippen LogP contribution in [-0.4, -0.2) is 34.8 Å². The van der Waals surface area contributed by atoms with Gasteiger partial charge in [-0.3, -0.25) is 4.79 Å². The fourth-order valence-corrected chi connectivity index (χ4v) is 4.56. The average molecular weight is 414 g/mol. The predicted molar refractivity (Wildman–Crippen MR) is 108 cm³/mol. The lowest BCUT2D eigenvalue weighted by Crippen LogP contribution is -2.24. The molecule has 0 radical (unpaired) electrons. The fourth-order valence-electron chi connectivity index (χ4n) is 3.57. The number of halogens is 1. The number of hydrazone groups is 1. The first-order valence-electron chi connectivity index (χ1n) is 8.91. The Labute approximate surface area is 170 Å². The Bertz CT molecular complexity index is 1110. The molecule has 1 aromatic carbocycles. The summed E-state index contributed by atoms with van der Waals surface area (Å²) in [6.45, 7) is 2.55. The van der Waals surface area contributed by atoms with E-state index in [-0.39, 0.29) is 11.9 Å². The number of ether oxygens (including phenoxy) is 2. The standard InChI is InChI=1S/C20H16ClN3O3S/c1-11(25)24-16(9-15(23-24)19-3-2-6-28-19)13-7-12-8-17-18(27-5-4-26-17)10-14(12)22-20(13)21/h2-3,6-8,10,16H,4-5,9H2,1H3/t16-/m0/s1. The molecule has 8 heteroatoms. The van der Waals surface area contributed by atoms with Crippen molar-refractivity contribution in [3.63, 3.8) is 0 Å². The molecule has 1 atom stereocenters. The van der Waals surface area contributed by atoms with Gasteiger partial charge in [0.2, 0.25) is 5.91 Å². The summed E-state index contributed by atoms with van der Waals surface area (Å²) >= 11 is 8.15. The summed E-state index contributed by atoms with van der Waals surface area (Å²) in [5.41, 5.74) is 2.38. The van der Waals surface area contributed by atoms with E-state index in [0.717, 1.165) is 27.1 Å². The van der Waals surface area contributed by atoms with Gasteiger partial charge in [0.15, 0.2) is 11.5 Å². The number of thiophene rings is 1. The van der Waals surface area contributed by atoms with E-state index in [4.69, 9.17) is 21.1 Å². The molecule has 6 nitrogen and oxygen atoms in total. The molecule has 4 heterocycles. The Hall–Kier alpha value is -2.64. The van der Waals surface area contributed by atoms with Gasteiger partial charge in [-0.2, -0.15) is 5.10 Å². The Morgan fingerprint density at radius 2 is 2.04 bits per heavy atom. The molecule has 1 amide bonds. The molecule has 0 saturated heterocycles. The van der Waals surface area contributed by atoms with Gasteiger partial charge in [-0.1, -0.05) is 17.7 Å². The quantitative estimate of drug-likeness (QED) is 0.583. The minimum atomic E-state index is -0.285. The normalized spacial score (nSPS) is 18.4. The zero-order chi connectivity index (χ0) is 19.3. The van der Waals surface area contributed by atoms with Crippen molar-refractivity contribution in [3.05, 3.63) is 51.3 Å². The van der Waals surface area contributed by atoms with Crippen LogP contribution in [0.25, 0.3) is 10.9 Å². The summed E-state index contributed by atoms with van der Waals surface area (Å²) < 4.78 is 11.3. The van der Waals surface area contributed by atoms with Crippen LogP contribution >= 0.6 is 22.9 Å². The number of fused-ring (bicyclic) bond motifs is 2. The fraction of sp³-hybridized carbons (Fsp3) is 0.250. The van der Waals surface area contributed by atoms with Crippen molar-refractivity contribution < 1.29 is 14.3 Å². The summed E-state index contributed by atoms with van der Waals surface area (Å²) in [7, 11) is 0. The van der Waals surface area contributed by atoms with E-state index in [0.29, 0.717) is 36.3 Å². The van der Waals surface area contributed by atoms with Crippen LogP contribution in [0.4, 0.5) is 0 Å². The zero-order valence-corrected chi connectivity index (χ0v) is 16.6. The number of benzene rings is 1. The van der Waals surface area contributed by atoms with Gasteiger partial charge in [0.1, 0.15) is 18.4 Å². The van der Waals surface area contributed by atoms with Crippen LogP contribution in [0.1, 0.15) is 29.8 Å². The first-order chi connectivity index (χ1) is 13.6. The maximum atomic E-state index is 12.2. The van der Waals surface area contributed by atoms with Crippen molar-refractivity contribution in [3.8, 4) is 11.5 Å².